The van der Waals surface area contributed by atoms with Crippen LogP contribution >= 0.6 is 0 Å². The molecule has 0 bridgehead atoms. The van der Waals surface area contributed by atoms with Gasteiger partial charge < -0.3 is 9.64 Å². The first-order valence-corrected chi connectivity index (χ1v) is 12.1. The van der Waals surface area contributed by atoms with E-state index in [1.165, 1.54) is 0 Å². The Kier molecular flexibility index (Phi) is 7.60. The Balaban J connectivity index is 1.82. The summed E-state index contributed by atoms with van der Waals surface area (Å²) in [6, 6.07) is 24.4. The van der Waals surface area contributed by atoms with E-state index in [2.05, 4.69) is 0 Å². The van der Waals surface area contributed by atoms with Crippen LogP contribution in [0.15, 0.2) is 83.7 Å². The zero-order valence-electron chi connectivity index (χ0n) is 20.5. The first kappa shape index (κ1) is 24.2. The molecule has 1 unspecified atom stereocenters. The molecular weight excluding hydrogens is 438 g/mol. The fourth-order valence-electron chi connectivity index (χ4n) is 4.57. The normalized spacial score (nSPS) is 11.9. The first-order chi connectivity index (χ1) is 17.1. The quantitative estimate of drug-likeness (QED) is 0.333. The molecule has 1 heterocycles. The van der Waals surface area contributed by atoms with Crippen molar-refractivity contribution in [2.45, 2.75) is 39.2 Å². The fourth-order valence-corrected chi connectivity index (χ4v) is 4.57. The number of hydrogen-bond donors (Lipinski definition) is 0. The van der Waals surface area contributed by atoms with E-state index in [-0.39, 0.29) is 17.5 Å². The number of carbonyl (C=O) groups excluding carboxylic acids is 1. The van der Waals surface area contributed by atoms with Gasteiger partial charge >= 0.3 is 0 Å². The van der Waals surface area contributed by atoms with E-state index in [0.29, 0.717) is 54.0 Å². The number of rotatable bonds is 9. The van der Waals surface area contributed by atoms with Gasteiger partial charge in [-0.25, -0.2) is 4.98 Å². The number of amides is 1. The summed E-state index contributed by atoms with van der Waals surface area (Å²) in [6.45, 7) is 4.50. The summed E-state index contributed by atoms with van der Waals surface area (Å²) in [5.41, 5.74) is 2.17. The van der Waals surface area contributed by atoms with Crippen LogP contribution in [0, 0.1) is 0 Å². The largest absolute Gasteiger partial charge is 0.495 e. The van der Waals surface area contributed by atoms with E-state index in [1.807, 2.05) is 91.5 Å². The lowest BCUT2D eigenvalue weighted by atomic mass is 10.1. The molecule has 0 saturated heterocycles. The summed E-state index contributed by atoms with van der Waals surface area (Å²) in [5, 5.41) is 0.524. The van der Waals surface area contributed by atoms with Gasteiger partial charge in [0.15, 0.2) is 0 Å². The Hall–Kier alpha value is -3.93. The molecule has 6 heteroatoms. The minimum atomic E-state index is -0.370. The molecule has 4 rings (SSSR count). The lowest BCUT2D eigenvalue weighted by Crippen LogP contribution is -2.38. The second-order valence-corrected chi connectivity index (χ2v) is 8.39. The Morgan fingerprint density at radius 3 is 2.37 bits per heavy atom. The number of fused-ring (bicyclic) bond motifs is 1. The second-order valence-electron chi connectivity index (χ2n) is 8.39. The Morgan fingerprint density at radius 1 is 0.971 bits per heavy atom. The molecule has 1 atom stereocenters. The monoisotopic (exact) mass is 469 g/mol. The van der Waals surface area contributed by atoms with Crippen molar-refractivity contribution in [3.8, 4) is 11.4 Å². The molecule has 3 aromatic carbocycles. The zero-order chi connectivity index (χ0) is 24.8. The van der Waals surface area contributed by atoms with Crippen molar-refractivity contribution in [2.75, 3.05) is 13.7 Å². The molecule has 0 radical (unpaired) electrons. The van der Waals surface area contributed by atoms with Gasteiger partial charge in [0.25, 0.3) is 5.56 Å². The smallest absolute Gasteiger partial charge is 0.266 e. The van der Waals surface area contributed by atoms with Gasteiger partial charge in [-0.05, 0) is 49.6 Å². The van der Waals surface area contributed by atoms with Crippen molar-refractivity contribution in [1.82, 2.24) is 14.5 Å². The van der Waals surface area contributed by atoms with Crippen molar-refractivity contribution < 1.29 is 9.53 Å². The third-order valence-electron chi connectivity index (χ3n) is 6.32. The van der Waals surface area contributed by atoms with E-state index in [0.717, 1.165) is 5.56 Å². The molecule has 180 valence electrons. The average molecular weight is 470 g/mol. The Morgan fingerprint density at radius 2 is 1.66 bits per heavy atom. The predicted octanol–water partition coefficient (Wildman–Crippen LogP) is 5.33. The number of aromatic nitrogens is 2. The van der Waals surface area contributed by atoms with Crippen LogP contribution in [0.3, 0.4) is 0 Å². The van der Waals surface area contributed by atoms with Crippen LogP contribution in [0.25, 0.3) is 16.6 Å². The van der Waals surface area contributed by atoms with Gasteiger partial charge in [0, 0.05) is 13.0 Å². The maximum Gasteiger partial charge on any atom is 0.266 e. The summed E-state index contributed by atoms with van der Waals surface area (Å²) < 4.78 is 7.20. The van der Waals surface area contributed by atoms with Crippen LogP contribution in [0.2, 0.25) is 0 Å². The van der Waals surface area contributed by atoms with Crippen LogP contribution in [-0.2, 0) is 11.2 Å². The van der Waals surface area contributed by atoms with Crippen molar-refractivity contribution in [2.24, 2.45) is 0 Å². The van der Waals surface area contributed by atoms with Crippen molar-refractivity contribution >= 4 is 16.8 Å². The number of methoxy groups -OCH3 is 1. The summed E-state index contributed by atoms with van der Waals surface area (Å²) in [4.78, 5) is 34.0. The maximum atomic E-state index is 13.8. The molecule has 35 heavy (non-hydrogen) atoms. The predicted molar refractivity (Wildman–Crippen MR) is 139 cm³/mol. The van der Waals surface area contributed by atoms with Crippen LogP contribution < -0.4 is 10.3 Å². The molecule has 0 spiro atoms. The Bertz CT molecular complexity index is 1360. The fraction of sp³-hybridized carbons (Fsp3) is 0.276. The van der Waals surface area contributed by atoms with E-state index in [9.17, 15) is 9.59 Å². The summed E-state index contributed by atoms with van der Waals surface area (Å²) >= 11 is 0. The summed E-state index contributed by atoms with van der Waals surface area (Å²) in [6.07, 6.45) is 1.67. The highest BCUT2D eigenvalue weighted by atomic mass is 16.5. The van der Waals surface area contributed by atoms with Crippen LogP contribution in [0.4, 0.5) is 0 Å². The molecule has 0 aliphatic rings. The summed E-state index contributed by atoms with van der Waals surface area (Å²) in [7, 11) is 1.58. The highest BCUT2D eigenvalue weighted by Gasteiger charge is 2.28. The van der Waals surface area contributed by atoms with Gasteiger partial charge in [0.1, 0.15) is 11.6 Å². The molecule has 0 saturated carbocycles. The highest BCUT2D eigenvalue weighted by Crippen LogP contribution is 2.29. The first-order valence-electron chi connectivity index (χ1n) is 12.1. The van der Waals surface area contributed by atoms with Crippen molar-refractivity contribution in [3.05, 3.63) is 101 Å². The number of para-hydroxylation sites is 3. The van der Waals surface area contributed by atoms with Gasteiger partial charge in [-0.2, -0.15) is 0 Å². The van der Waals surface area contributed by atoms with Gasteiger partial charge in [-0.3, -0.25) is 14.2 Å². The third-order valence-corrected chi connectivity index (χ3v) is 6.32. The van der Waals surface area contributed by atoms with Gasteiger partial charge in [0.05, 0.1) is 29.7 Å². The van der Waals surface area contributed by atoms with E-state index in [1.54, 1.807) is 17.7 Å². The molecule has 6 nitrogen and oxygen atoms in total. The highest BCUT2D eigenvalue weighted by molar-refractivity contribution is 5.79. The number of hydrogen-bond acceptors (Lipinski definition) is 4. The van der Waals surface area contributed by atoms with E-state index < -0.39 is 0 Å². The lowest BCUT2D eigenvalue weighted by molar-refractivity contribution is -0.133. The SMILES string of the molecule is CCC(c1nc2ccccc2c(=O)n1-c1ccccc1OC)N(CC)C(=O)CCc1ccccc1. The minimum absolute atomic E-state index is 0.0391. The standard InChI is InChI=1S/C29H31N3O3/c1-4-24(31(5-2)27(33)20-19-21-13-7-6-8-14-21)28-30-23-16-10-9-15-22(23)29(34)32(28)25-17-11-12-18-26(25)35-3/h6-18,24H,4-5,19-20H2,1-3H3. The van der Waals surface area contributed by atoms with Gasteiger partial charge in [0.2, 0.25) is 5.91 Å². The molecule has 0 aliphatic carbocycles. The Labute approximate surface area is 205 Å². The van der Waals surface area contributed by atoms with Crippen molar-refractivity contribution in [3.63, 3.8) is 0 Å². The molecule has 0 N–H and O–H groups in total. The number of ether oxygens (including phenoxy) is 1. The average Bonchev–Trinajstić information content (AvgIpc) is 2.91. The molecule has 1 amide bonds. The molecule has 0 fully saturated rings. The second kappa shape index (κ2) is 11.0. The third kappa shape index (κ3) is 4.97. The van der Waals surface area contributed by atoms with Gasteiger partial charge in [-0.1, -0.05) is 61.5 Å². The van der Waals surface area contributed by atoms with E-state index in [4.69, 9.17) is 9.72 Å². The number of carbonyl (C=O) groups is 1. The maximum absolute atomic E-state index is 13.8. The molecular formula is C29H31N3O3. The summed E-state index contributed by atoms with van der Waals surface area (Å²) in [5.74, 6) is 1.15. The number of aryl methyl sites for hydroxylation is 1. The molecule has 4 aromatic rings. The zero-order valence-corrected chi connectivity index (χ0v) is 20.5. The minimum Gasteiger partial charge on any atom is -0.495 e. The number of benzene rings is 3. The lowest BCUT2D eigenvalue weighted by Gasteiger charge is -2.32. The molecule has 1 aromatic heterocycles. The van der Waals surface area contributed by atoms with Gasteiger partial charge in [-0.15, -0.1) is 0 Å². The van der Waals surface area contributed by atoms with Crippen LogP contribution in [-0.4, -0.2) is 34.0 Å². The van der Waals surface area contributed by atoms with Crippen LogP contribution in [0.1, 0.15) is 44.1 Å². The van der Waals surface area contributed by atoms with Crippen molar-refractivity contribution in [1.29, 1.82) is 0 Å². The topological polar surface area (TPSA) is 64.4 Å². The van der Waals surface area contributed by atoms with Crippen LogP contribution in [0.5, 0.6) is 5.75 Å². The van der Waals surface area contributed by atoms with E-state index >= 15 is 0 Å². The number of nitrogens with zero attached hydrogens (tertiary/aromatic N) is 3. The molecule has 0 aliphatic heterocycles.